The fourth-order valence-electron chi connectivity index (χ4n) is 3.69. The summed E-state index contributed by atoms with van der Waals surface area (Å²) in [5.41, 5.74) is 2.71. The van der Waals surface area contributed by atoms with E-state index < -0.39 is 5.91 Å². The second-order valence-corrected chi connectivity index (χ2v) is 8.59. The van der Waals surface area contributed by atoms with Crippen LogP contribution in [0, 0.1) is 6.92 Å². The van der Waals surface area contributed by atoms with Gasteiger partial charge in [0.25, 0.3) is 17.1 Å². The van der Waals surface area contributed by atoms with Crippen LogP contribution in [0.3, 0.4) is 0 Å². The van der Waals surface area contributed by atoms with Crippen LogP contribution in [0.2, 0.25) is 0 Å². The van der Waals surface area contributed by atoms with E-state index in [2.05, 4.69) is 10.4 Å². The van der Waals surface area contributed by atoms with Crippen LogP contribution >= 0.6 is 11.8 Å². The Morgan fingerprint density at radius 1 is 1.15 bits per heavy atom. The number of hydrogen-bond donors (Lipinski definition) is 1. The van der Waals surface area contributed by atoms with Gasteiger partial charge in [-0.15, -0.1) is 0 Å². The minimum Gasteiger partial charge on any atom is -0.454 e. The summed E-state index contributed by atoms with van der Waals surface area (Å²) in [5.74, 6) is 0.532. The third-order valence-corrected chi connectivity index (χ3v) is 6.35. The molecular weight excluding hydrogens is 456 g/mol. The number of fused-ring (bicyclic) bond motifs is 1. The first-order chi connectivity index (χ1) is 16.5. The molecule has 172 valence electrons. The van der Waals surface area contributed by atoms with Crippen LogP contribution in [0.5, 0.6) is 11.5 Å². The SMILES string of the molecule is Cc1c(C(=O)NCCN2C(=O)S/C(=C\c3ccc4c(c3)OCO4)C2=O)cnn1-c1ccccc1. The van der Waals surface area contributed by atoms with Crippen molar-refractivity contribution in [2.75, 3.05) is 19.9 Å². The summed E-state index contributed by atoms with van der Waals surface area (Å²) in [6.07, 6.45) is 3.15. The highest BCUT2D eigenvalue weighted by Crippen LogP contribution is 2.36. The van der Waals surface area contributed by atoms with E-state index in [4.69, 9.17) is 9.47 Å². The van der Waals surface area contributed by atoms with Gasteiger partial charge in [0.2, 0.25) is 6.79 Å². The standard InChI is InChI=1S/C24H20N4O5S/c1-15-18(13-26-28(15)17-5-3-2-4-6-17)22(29)25-9-10-27-23(30)21(34-24(27)31)12-16-7-8-19-20(11-16)33-14-32-19/h2-8,11-13H,9-10,14H2,1H3,(H,25,29)/b21-12-. The van der Waals surface area contributed by atoms with E-state index in [1.54, 1.807) is 29.0 Å². The Balaban J connectivity index is 1.20. The number of imide groups is 1. The molecule has 1 fully saturated rings. The molecule has 5 rings (SSSR count). The molecule has 2 aromatic carbocycles. The molecule has 0 bridgehead atoms. The quantitative estimate of drug-likeness (QED) is 0.544. The molecule has 2 aliphatic heterocycles. The lowest BCUT2D eigenvalue weighted by molar-refractivity contribution is -0.122. The van der Waals surface area contributed by atoms with E-state index in [0.717, 1.165) is 27.9 Å². The Kier molecular flexibility index (Phi) is 5.81. The van der Waals surface area contributed by atoms with Crippen molar-refractivity contribution in [3.05, 3.63) is 76.5 Å². The number of amides is 3. The minimum atomic E-state index is -0.394. The van der Waals surface area contributed by atoms with Gasteiger partial charge in [-0.05, 0) is 54.6 Å². The molecule has 1 saturated heterocycles. The maximum atomic E-state index is 12.7. The number of rotatable bonds is 6. The fourth-order valence-corrected chi connectivity index (χ4v) is 4.55. The Bertz CT molecular complexity index is 1320. The number of nitrogens with one attached hydrogen (secondary N) is 1. The smallest absolute Gasteiger partial charge is 0.293 e. The number of nitrogens with zero attached hydrogens (tertiary/aromatic N) is 3. The summed E-state index contributed by atoms with van der Waals surface area (Å²) in [6, 6.07) is 14.8. The van der Waals surface area contributed by atoms with Gasteiger partial charge in [0.1, 0.15) is 0 Å². The van der Waals surface area contributed by atoms with Crippen LogP contribution < -0.4 is 14.8 Å². The number of carbonyl (C=O) groups excluding carboxylic acids is 3. The Hall–Kier alpha value is -4.05. The molecule has 0 aliphatic carbocycles. The number of para-hydroxylation sites is 1. The maximum Gasteiger partial charge on any atom is 0.293 e. The largest absolute Gasteiger partial charge is 0.454 e. The predicted octanol–water partition coefficient (Wildman–Crippen LogP) is 3.38. The molecule has 3 heterocycles. The molecule has 9 nitrogen and oxygen atoms in total. The number of carbonyl (C=O) groups is 3. The van der Waals surface area contributed by atoms with Crippen molar-refractivity contribution in [2.24, 2.45) is 0 Å². The second kappa shape index (κ2) is 9.06. The first-order valence-electron chi connectivity index (χ1n) is 10.5. The van der Waals surface area contributed by atoms with E-state index in [0.29, 0.717) is 27.7 Å². The summed E-state index contributed by atoms with van der Waals surface area (Å²) < 4.78 is 12.3. The molecule has 2 aliphatic rings. The Morgan fingerprint density at radius 2 is 1.94 bits per heavy atom. The lowest BCUT2D eigenvalue weighted by Gasteiger charge is -2.13. The lowest BCUT2D eigenvalue weighted by atomic mass is 10.2. The van der Waals surface area contributed by atoms with E-state index in [1.165, 1.54) is 6.20 Å². The van der Waals surface area contributed by atoms with Gasteiger partial charge in [0.15, 0.2) is 11.5 Å². The van der Waals surface area contributed by atoms with Gasteiger partial charge < -0.3 is 14.8 Å². The van der Waals surface area contributed by atoms with Crippen LogP contribution in [-0.4, -0.2) is 51.6 Å². The van der Waals surface area contributed by atoms with E-state index in [9.17, 15) is 14.4 Å². The second-order valence-electron chi connectivity index (χ2n) is 7.59. The minimum absolute atomic E-state index is 0.0702. The molecule has 0 saturated carbocycles. The zero-order valence-electron chi connectivity index (χ0n) is 18.2. The van der Waals surface area contributed by atoms with Crippen molar-refractivity contribution in [1.29, 1.82) is 0 Å². The van der Waals surface area contributed by atoms with Gasteiger partial charge in [0.05, 0.1) is 28.0 Å². The van der Waals surface area contributed by atoms with Gasteiger partial charge in [-0.3, -0.25) is 19.3 Å². The molecule has 0 unspecified atom stereocenters. The Morgan fingerprint density at radius 3 is 2.76 bits per heavy atom. The number of aromatic nitrogens is 2. The summed E-state index contributed by atoms with van der Waals surface area (Å²) >= 11 is 0.869. The predicted molar refractivity (Wildman–Crippen MR) is 126 cm³/mol. The lowest BCUT2D eigenvalue weighted by Crippen LogP contribution is -2.37. The average molecular weight is 477 g/mol. The van der Waals surface area contributed by atoms with Crippen LogP contribution in [0.15, 0.2) is 59.6 Å². The molecular formula is C24H20N4O5S. The maximum absolute atomic E-state index is 12.7. The zero-order valence-corrected chi connectivity index (χ0v) is 19.0. The molecule has 1 aromatic heterocycles. The average Bonchev–Trinajstić information content (AvgIpc) is 3.53. The first kappa shape index (κ1) is 21.8. The van der Waals surface area contributed by atoms with E-state index >= 15 is 0 Å². The number of hydrogen-bond acceptors (Lipinski definition) is 7. The van der Waals surface area contributed by atoms with Crippen molar-refractivity contribution in [2.45, 2.75) is 6.92 Å². The highest BCUT2D eigenvalue weighted by molar-refractivity contribution is 8.18. The third-order valence-electron chi connectivity index (χ3n) is 5.44. The number of benzene rings is 2. The molecule has 34 heavy (non-hydrogen) atoms. The topological polar surface area (TPSA) is 103 Å². The van der Waals surface area contributed by atoms with Crippen molar-refractivity contribution in [1.82, 2.24) is 20.0 Å². The third kappa shape index (κ3) is 4.15. The molecule has 0 atom stereocenters. The van der Waals surface area contributed by atoms with E-state index in [1.807, 2.05) is 37.3 Å². The molecule has 0 spiro atoms. The first-order valence-corrected chi connectivity index (χ1v) is 11.4. The molecule has 1 N–H and O–H groups in total. The Labute approximate surface area is 199 Å². The molecule has 0 radical (unpaired) electrons. The van der Waals surface area contributed by atoms with Crippen molar-refractivity contribution < 1.29 is 23.9 Å². The summed E-state index contributed by atoms with van der Waals surface area (Å²) in [7, 11) is 0. The van der Waals surface area contributed by atoms with Crippen LogP contribution in [0.4, 0.5) is 4.79 Å². The monoisotopic (exact) mass is 476 g/mol. The summed E-state index contributed by atoms with van der Waals surface area (Å²) in [6.45, 7) is 2.17. The van der Waals surface area contributed by atoms with Gasteiger partial charge in [-0.1, -0.05) is 24.3 Å². The van der Waals surface area contributed by atoms with Gasteiger partial charge in [-0.25, -0.2) is 4.68 Å². The highest BCUT2D eigenvalue weighted by atomic mass is 32.2. The van der Waals surface area contributed by atoms with Crippen molar-refractivity contribution in [3.8, 4) is 17.2 Å². The van der Waals surface area contributed by atoms with Crippen molar-refractivity contribution in [3.63, 3.8) is 0 Å². The number of ether oxygens (including phenoxy) is 2. The van der Waals surface area contributed by atoms with Crippen molar-refractivity contribution >= 4 is 34.9 Å². The van der Waals surface area contributed by atoms with Crippen LogP contribution in [0.1, 0.15) is 21.6 Å². The van der Waals surface area contributed by atoms with Crippen LogP contribution in [-0.2, 0) is 4.79 Å². The zero-order chi connectivity index (χ0) is 23.7. The fraction of sp³-hybridized carbons (Fsp3) is 0.167. The van der Waals surface area contributed by atoms with Gasteiger partial charge in [-0.2, -0.15) is 5.10 Å². The van der Waals surface area contributed by atoms with Crippen LogP contribution in [0.25, 0.3) is 11.8 Å². The summed E-state index contributed by atoms with van der Waals surface area (Å²) in [4.78, 5) is 39.2. The highest BCUT2D eigenvalue weighted by Gasteiger charge is 2.34. The van der Waals surface area contributed by atoms with E-state index in [-0.39, 0.29) is 31.0 Å². The number of thioether (sulfide) groups is 1. The summed E-state index contributed by atoms with van der Waals surface area (Å²) in [5, 5.41) is 6.69. The molecule has 3 amide bonds. The molecule has 3 aromatic rings. The molecule has 10 heteroatoms. The van der Waals surface area contributed by atoms with Gasteiger partial charge in [0, 0.05) is 13.1 Å². The normalized spacial score (nSPS) is 15.9. The van der Waals surface area contributed by atoms with Gasteiger partial charge >= 0.3 is 0 Å².